The van der Waals surface area contributed by atoms with E-state index >= 15 is 0 Å². The molecule has 0 aliphatic rings. The van der Waals surface area contributed by atoms with Gasteiger partial charge >= 0.3 is 5.97 Å². The van der Waals surface area contributed by atoms with E-state index in [-0.39, 0.29) is 6.61 Å². The van der Waals surface area contributed by atoms with Crippen molar-refractivity contribution < 1.29 is 23.7 Å². The summed E-state index contributed by atoms with van der Waals surface area (Å²) in [6.45, 7) is 0.0544. The molecule has 0 unspecified atom stereocenters. The summed E-state index contributed by atoms with van der Waals surface area (Å²) in [5, 5.41) is 0. The number of carbonyl (C=O) groups excluding carboxylic acids is 1. The molecule has 0 amide bonds. The fraction of sp³-hybridized carbons (Fsp3) is 0.136. The fourth-order valence-electron chi connectivity index (χ4n) is 2.63. The van der Waals surface area contributed by atoms with E-state index in [1.54, 1.807) is 44.6 Å². The van der Waals surface area contributed by atoms with Crippen molar-refractivity contribution in [2.75, 3.05) is 14.2 Å². The summed E-state index contributed by atoms with van der Waals surface area (Å²) < 4.78 is 21.9. The second kappa shape index (κ2) is 8.76. The van der Waals surface area contributed by atoms with E-state index in [1.165, 1.54) is 0 Å². The number of benzene rings is 3. The summed E-state index contributed by atoms with van der Waals surface area (Å²) in [7, 11) is 3.11. The van der Waals surface area contributed by atoms with Gasteiger partial charge in [-0.25, -0.2) is 4.79 Å². The lowest BCUT2D eigenvalue weighted by Gasteiger charge is -2.14. The second-order valence-electron chi connectivity index (χ2n) is 5.64. The lowest BCUT2D eigenvalue weighted by Crippen LogP contribution is -2.08. The molecule has 5 heteroatoms. The molecule has 0 saturated carbocycles. The van der Waals surface area contributed by atoms with E-state index in [1.807, 2.05) is 42.5 Å². The lowest BCUT2D eigenvalue weighted by atomic mass is 10.2. The molecule has 27 heavy (non-hydrogen) atoms. The molecular formula is C22H20O5. The van der Waals surface area contributed by atoms with Crippen LogP contribution in [0.1, 0.15) is 15.9 Å². The Balaban J connectivity index is 1.76. The Morgan fingerprint density at radius 3 is 2.22 bits per heavy atom. The van der Waals surface area contributed by atoms with Gasteiger partial charge in [0.05, 0.1) is 14.2 Å². The minimum Gasteiger partial charge on any atom is -0.493 e. The number of hydrogen-bond acceptors (Lipinski definition) is 5. The molecule has 0 spiro atoms. The van der Waals surface area contributed by atoms with E-state index in [0.717, 1.165) is 0 Å². The van der Waals surface area contributed by atoms with Crippen molar-refractivity contribution in [2.24, 2.45) is 0 Å². The minimum absolute atomic E-state index is 0.0544. The quantitative estimate of drug-likeness (QED) is 0.561. The van der Waals surface area contributed by atoms with Gasteiger partial charge in [-0.3, -0.25) is 0 Å². The highest BCUT2D eigenvalue weighted by atomic mass is 16.5. The van der Waals surface area contributed by atoms with Crippen LogP contribution in [0.15, 0.2) is 72.8 Å². The number of esters is 1. The molecule has 0 fully saturated rings. The molecule has 0 saturated heterocycles. The SMILES string of the molecule is COc1cccc(COC(=O)c2ccccc2Oc2ccccc2)c1OC. The highest BCUT2D eigenvalue weighted by Gasteiger charge is 2.16. The van der Waals surface area contributed by atoms with Crippen LogP contribution in [0, 0.1) is 0 Å². The summed E-state index contributed by atoms with van der Waals surface area (Å²) in [5.41, 5.74) is 1.06. The molecule has 0 N–H and O–H groups in total. The first-order valence-electron chi connectivity index (χ1n) is 8.42. The zero-order chi connectivity index (χ0) is 19.1. The molecule has 3 aromatic carbocycles. The van der Waals surface area contributed by atoms with Gasteiger partial charge in [0.2, 0.25) is 0 Å². The average Bonchev–Trinajstić information content (AvgIpc) is 2.72. The van der Waals surface area contributed by atoms with Gasteiger partial charge in [-0.1, -0.05) is 42.5 Å². The number of rotatable bonds is 7. The zero-order valence-electron chi connectivity index (χ0n) is 15.2. The van der Waals surface area contributed by atoms with Crippen molar-refractivity contribution in [3.8, 4) is 23.0 Å². The van der Waals surface area contributed by atoms with Crippen molar-refractivity contribution in [2.45, 2.75) is 6.61 Å². The van der Waals surface area contributed by atoms with Crippen molar-refractivity contribution in [3.05, 3.63) is 83.9 Å². The third-order valence-electron chi connectivity index (χ3n) is 3.92. The maximum atomic E-state index is 12.6. The molecule has 0 atom stereocenters. The Bertz CT molecular complexity index is 906. The number of methoxy groups -OCH3 is 2. The Morgan fingerprint density at radius 2 is 1.48 bits per heavy atom. The Morgan fingerprint density at radius 1 is 0.778 bits per heavy atom. The maximum Gasteiger partial charge on any atom is 0.342 e. The predicted molar refractivity (Wildman–Crippen MR) is 102 cm³/mol. The first-order chi connectivity index (χ1) is 13.2. The third-order valence-corrected chi connectivity index (χ3v) is 3.92. The monoisotopic (exact) mass is 364 g/mol. The molecule has 0 aromatic heterocycles. The second-order valence-corrected chi connectivity index (χ2v) is 5.64. The van der Waals surface area contributed by atoms with Gasteiger partial charge in [-0.15, -0.1) is 0 Å². The van der Waals surface area contributed by atoms with E-state index in [4.69, 9.17) is 18.9 Å². The van der Waals surface area contributed by atoms with Crippen LogP contribution in [-0.2, 0) is 11.3 Å². The molecular weight excluding hydrogens is 344 g/mol. The van der Waals surface area contributed by atoms with Crippen LogP contribution in [0.5, 0.6) is 23.0 Å². The largest absolute Gasteiger partial charge is 0.493 e. The summed E-state index contributed by atoms with van der Waals surface area (Å²) in [5.74, 6) is 1.73. The Labute approximate surface area is 158 Å². The van der Waals surface area contributed by atoms with Crippen molar-refractivity contribution in [3.63, 3.8) is 0 Å². The van der Waals surface area contributed by atoms with Crippen LogP contribution in [0.2, 0.25) is 0 Å². The van der Waals surface area contributed by atoms with Gasteiger partial charge in [-0.2, -0.15) is 0 Å². The van der Waals surface area contributed by atoms with Gasteiger partial charge in [-0.05, 0) is 30.3 Å². The van der Waals surface area contributed by atoms with Crippen molar-refractivity contribution in [1.82, 2.24) is 0 Å². The normalized spacial score (nSPS) is 10.1. The highest BCUT2D eigenvalue weighted by molar-refractivity contribution is 5.92. The van der Waals surface area contributed by atoms with Crippen LogP contribution in [0.4, 0.5) is 0 Å². The lowest BCUT2D eigenvalue weighted by molar-refractivity contribution is 0.0467. The first kappa shape index (κ1) is 18.3. The van der Waals surface area contributed by atoms with E-state index in [2.05, 4.69) is 0 Å². The highest BCUT2D eigenvalue weighted by Crippen LogP contribution is 2.32. The fourth-order valence-corrected chi connectivity index (χ4v) is 2.63. The van der Waals surface area contributed by atoms with Gasteiger partial charge < -0.3 is 18.9 Å². The Hall–Kier alpha value is -3.47. The molecule has 0 bridgehead atoms. The summed E-state index contributed by atoms with van der Waals surface area (Å²) in [6.07, 6.45) is 0. The van der Waals surface area contributed by atoms with E-state index in [9.17, 15) is 4.79 Å². The van der Waals surface area contributed by atoms with Crippen LogP contribution in [0.25, 0.3) is 0 Å². The topological polar surface area (TPSA) is 54.0 Å². The molecule has 0 heterocycles. The predicted octanol–water partition coefficient (Wildman–Crippen LogP) is 4.85. The van der Waals surface area contributed by atoms with E-state index < -0.39 is 5.97 Å². The molecule has 0 aliphatic carbocycles. The van der Waals surface area contributed by atoms with E-state index in [0.29, 0.717) is 34.1 Å². The number of para-hydroxylation sites is 3. The minimum atomic E-state index is -0.480. The maximum absolute atomic E-state index is 12.6. The van der Waals surface area contributed by atoms with Crippen LogP contribution in [-0.4, -0.2) is 20.2 Å². The average molecular weight is 364 g/mol. The van der Waals surface area contributed by atoms with Gasteiger partial charge in [0, 0.05) is 5.56 Å². The number of ether oxygens (including phenoxy) is 4. The standard InChI is InChI=1S/C22H20O5/c1-24-20-14-8-9-16(21(20)25-2)15-26-22(23)18-12-6-7-13-19(18)27-17-10-4-3-5-11-17/h3-14H,15H2,1-2H3. The molecule has 3 aromatic rings. The zero-order valence-corrected chi connectivity index (χ0v) is 15.2. The van der Waals surface area contributed by atoms with Gasteiger partial charge in [0.1, 0.15) is 23.7 Å². The van der Waals surface area contributed by atoms with Gasteiger partial charge in [0.15, 0.2) is 11.5 Å². The van der Waals surface area contributed by atoms with Crippen LogP contribution in [0.3, 0.4) is 0 Å². The smallest absolute Gasteiger partial charge is 0.342 e. The van der Waals surface area contributed by atoms with Crippen molar-refractivity contribution >= 4 is 5.97 Å². The molecule has 0 aliphatic heterocycles. The summed E-state index contributed by atoms with van der Waals surface area (Å²) in [6, 6.07) is 21.7. The summed E-state index contributed by atoms with van der Waals surface area (Å²) in [4.78, 5) is 12.6. The first-order valence-corrected chi connectivity index (χ1v) is 8.42. The molecule has 138 valence electrons. The molecule has 0 radical (unpaired) electrons. The molecule has 5 nitrogen and oxygen atoms in total. The summed E-state index contributed by atoms with van der Waals surface area (Å²) >= 11 is 0. The third kappa shape index (κ3) is 4.39. The number of carbonyl (C=O) groups is 1. The van der Waals surface area contributed by atoms with Crippen LogP contribution < -0.4 is 14.2 Å². The van der Waals surface area contributed by atoms with Crippen molar-refractivity contribution in [1.29, 1.82) is 0 Å². The number of hydrogen-bond donors (Lipinski definition) is 0. The Kier molecular flexibility index (Phi) is 5.94. The van der Waals surface area contributed by atoms with Gasteiger partial charge in [0.25, 0.3) is 0 Å². The molecule has 3 rings (SSSR count). The van der Waals surface area contributed by atoms with Crippen LogP contribution >= 0.6 is 0 Å².